The average Bonchev–Trinajstić information content (AvgIpc) is 2.89. The highest BCUT2D eigenvalue weighted by Gasteiger charge is 2.16. The predicted molar refractivity (Wildman–Crippen MR) is 72.7 cm³/mol. The average molecular weight is 257 g/mol. The van der Waals surface area contributed by atoms with Gasteiger partial charge in [0.05, 0.1) is 0 Å². The molecular formula is C15H15NO3. The molecule has 2 aromatic carbocycles. The molecule has 0 spiro atoms. The first-order chi connectivity index (χ1) is 9.24. The minimum atomic E-state index is 0.275. The second-order valence-corrected chi connectivity index (χ2v) is 4.51. The van der Waals surface area contributed by atoms with Gasteiger partial charge in [-0.15, -0.1) is 0 Å². The number of nitrogens with one attached hydrogen (secondary N) is 1. The van der Waals surface area contributed by atoms with Crippen LogP contribution in [0, 0.1) is 6.92 Å². The molecule has 98 valence electrons. The third kappa shape index (κ3) is 2.29. The maximum atomic E-state index is 9.67. The molecule has 4 nitrogen and oxygen atoms in total. The Kier molecular flexibility index (Phi) is 2.91. The van der Waals surface area contributed by atoms with Gasteiger partial charge in [0.15, 0.2) is 11.5 Å². The molecule has 0 atom stereocenters. The first kappa shape index (κ1) is 11.7. The second kappa shape index (κ2) is 4.72. The molecule has 3 rings (SSSR count). The van der Waals surface area contributed by atoms with Gasteiger partial charge in [0.2, 0.25) is 6.79 Å². The number of hydrogen-bond acceptors (Lipinski definition) is 4. The van der Waals surface area contributed by atoms with Gasteiger partial charge in [-0.3, -0.25) is 0 Å². The molecule has 4 heteroatoms. The number of para-hydroxylation sites is 1. The standard InChI is InChI=1S/C15H15NO3/c1-10-5-6-12(7-13(10)17)16-8-11-3-2-4-14-15(11)19-9-18-14/h2-7,16-17H,8-9H2,1H3. The smallest absolute Gasteiger partial charge is 0.231 e. The lowest BCUT2D eigenvalue weighted by molar-refractivity contribution is 0.173. The van der Waals surface area contributed by atoms with Crippen LogP contribution in [0.5, 0.6) is 17.2 Å². The van der Waals surface area contributed by atoms with Crippen LogP contribution < -0.4 is 14.8 Å². The van der Waals surface area contributed by atoms with Gasteiger partial charge in [-0.2, -0.15) is 0 Å². The Morgan fingerprint density at radius 2 is 2.11 bits per heavy atom. The van der Waals surface area contributed by atoms with Crippen LogP contribution in [0.25, 0.3) is 0 Å². The molecule has 0 aromatic heterocycles. The molecular weight excluding hydrogens is 242 g/mol. The molecule has 1 heterocycles. The molecule has 2 N–H and O–H groups in total. The van der Waals surface area contributed by atoms with Crippen molar-refractivity contribution in [2.24, 2.45) is 0 Å². The fraction of sp³-hybridized carbons (Fsp3) is 0.200. The van der Waals surface area contributed by atoms with Gasteiger partial charge < -0.3 is 19.9 Å². The van der Waals surface area contributed by atoms with Crippen LogP contribution in [-0.2, 0) is 6.54 Å². The zero-order valence-electron chi connectivity index (χ0n) is 10.6. The van der Waals surface area contributed by atoms with Crippen molar-refractivity contribution in [2.75, 3.05) is 12.1 Å². The summed E-state index contributed by atoms with van der Waals surface area (Å²) in [6.07, 6.45) is 0. The fourth-order valence-corrected chi connectivity index (χ4v) is 2.05. The molecule has 19 heavy (non-hydrogen) atoms. The van der Waals surface area contributed by atoms with Gasteiger partial charge in [0.1, 0.15) is 5.75 Å². The number of anilines is 1. The topological polar surface area (TPSA) is 50.7 Å². The number of ether oxygens (including phenoxy) is 2. The summed E-state index contributed by atoms with van der Waals surface area (Å²) >= 11 is 0. The lowest BCUT2D eigenvalue weighted by Crippen LogP contribution is -2.01. The van der Waals surface area contributed by atoms with E-state index in [0.717, 1.165) is 28.3 Å². The van der Waals surface area contributed by atoms with Gasteiger partial charge in [0, 0.05) is 23.9 Å². The first-order valence-corrected chi connectivity index (χ1v) is 6.15. The Balaban J connectivity index is 1.76. The summed E-state index contributed by atoms with van der Waals surface area (Å²) < 4.78 is 10.8. The van der Waals surface area contributed by atoms with E-state index in [-0.39, 0.29) is 6.79 Å². The van der Waals surface area contributed by atoms with E-state index in [1.165, 1.54) is 0 Å². The third-order valence-corrected chi connectivity index (χ3v) is 3.17. The number of phenols is 1. The van der Waals surface area contributed by atoms with E-state index in [4.69, 9.17) is 9.47 Å². The van der Waals surface area contributed by atoms with Crippen LogP contribution in [0.2, 0.25) is 0 Å². The normalized spacial score (nSPS) is 12.5. The Morgan fingerprint density at radius 3 is 2.95 bits per heavy atom. The highest BCUT2D eigenvalue weighted by atomic mass is 16.7. The highest BCUT2D eigenvalue weighted by molar-refractivity contribution is 5.53. The van der Waals surface area contributed by atoms with Crippen molar-refractivity contribution in [1.82, 2.24) is 0 Å². The Labute approximate surface area is 111 Å². The maximum absolute atomic E-state index is 9.67. The molecule has 2 aromatic rings. The summed E-state index contributed by atoms with van der Waals surface area (Å²) in [5, 5.41) is 12.9. The van der Waals surface area contributed by atoms with Crippen molar-refractivity contribution in [1.29, 1.82) is 0 Å². The molecule has 0 saturated heterocycles. The van der Waals surface area contributed by atoms with E-state index in [0.29, 0.717) is 12.3 Å². The minimum Gasteiger partial charge on any atom is -0.508 e. The molecule has 0 radical (unpaired) electrons. The first-order valence-electron chi connectivity index (χ1n) is 6.15. The number of rotatable bonds is 3. The summed E-state index contributed by atoms with van der Waals surface area (Å²) in [4.78, 5) is 0. The number of aromatic hydroxyl groups is 1. The fourth-order valence-electron chi connectivity index (χ4n) is 2.05. The molecule has 1 aliphatic rings. The lowest BCUT2D eigenvalue weighted by Gasteiger charge is -2.10. The van der Waals surface area contributed by atoms with Crippen LogP contribution in [0.15, 0.2) is 36.4 Å². The zero-order chi connectivity index (χ0) is 13.2. The molecule has 0 unspecified atom stereocenters. The summed E-state index contributed by atoms with van der Waals surface area (Å²) in [5.74, 6) is 1.88. The number of aryl methyl sites for hydroxylation is 1. The monoisotopic (exact) mass is 257 g/mol. The van der Waals surface area contributed by atoms with Crippen LogP contribution >= 0.6 is 0 Å². The van der Waals surface area contributed by atoms with Gasteiger partial charge in [-0.1, -0.05) is 18.2 Å². The number of benzene rings is 2. The third-order valence-electron chi connectivity index (χ3n) is 3.17. The lowest BCUT2D eigenvalue weighted by atomic mass is 10.1. The maximum Gasteiger partial charge on any atom is 0.231 e. The minimum absolute atomic E-state index is 0.275. The predicted octanol–water partition coefficient (Wildman–Crippen LogP) is 3.04. The van der Waals surface area contributed by atoms with Crippen molar-refractivity contribution in [3.05, 3.63) is 47.5 Å². The Morgan fingerprint density at radius 1 is 1.21 bits per heavy atom. The Bertz CT molecular complexity index is 610. The van der Waals surface area contributed by atoms with Gasteiger partial charge >= 0.3 is 0 Å². The Hall–Kier alpha value is -2.36. The SMILES string of the molecule is Cc1ccc(NCc2cccc3c2OCO3)cc1O. The number of phenolic OH excluding ortho intramolecular Hbond substituents is 1. The van der Waals surface area contributed by atoms with Crippen LogP contribution in [0.3, 0.4) is 0 Å². The van der Waals surface area contributed by atoms with Gasteiger partial charge in [-0.05, 0) is 24.6 Å². The van der Waals surface area contributed by atoms with E-state index in [1.54, 1.807) is 6.07 Å². The molecule has 0 amide bonds. The highest BCUT2D eigenvalue weighted by Crippen LogP contribution is 2.35. The largest absolute Gasteiger partial charge is 0.508 e. The van der Waals surface area contributed by atoms with E-state index < -0.39 is 0 Å². The van der Waals surface area contributed by atoms with E-state index in [2.05, 4.69) is 5.32 Å². The van der Waals surface area contributed by atoms with E-state index >= 15 is 0 Å². The second-order valence-electron chi connectivity index (χ2n) is 4.51. The zero-order valence-corrected chi connectivity index (χ0v) is 10.6. The van der Waals surface area contributed by atoms with Gasteiger partial charge in [0.25, 0.3) is 0 Å². The summed E-state index contributed by atoms with van der Waals surface area (Å²) in [5.41, 5.74) is 2.78. The van der Waals surface area contributed by atoms with Crippen molar-refractivity contribution < 1.29 is 14.6 Å². The summed E-state index contributed by atoms with van der Waals surface area (Å²) in [7, 11) is 0. The van der Waals surface area contributed by atoms with Gasteiger partial charge in [-0.25, -0.2) is 0 Å². The molecule has 0 bridgehead atoms. The van der Waals surface area contributed by atoms with Crippen molar-refractivity contribution in [3.8, 4) is 17.2 Å². The molecule has 0 saturated carbocycles. The van der Waals surface area contributed by atoms with Crippen LogP contribution in [0.4, 0.5) is 5.69 Å². The summed E-state index contributed by atoms with van der Waals surface area (Å²) in [6, 6.07) is 11.4. The van der Waals surface area contributed by atoms with Crippen LogP contribution in [0.1, 0.15) is 11.1 Å². The van der Waals surface area contributed by atoms with E-state index in [1.807, 2.05) is 37.3 Å². The van der Waals surface area contributed by atoms with Crippen LogP contribution in [-0.4, -0.2) is 11.9 Å². The van der Waals surface area contributed by atoms with Crippen molar-refractivity contribution in [2.45, 2.75) is 13.5 Å². The quantitative estimate of drug-likeness (QED) is 0.887. The summed E-state index contributed by atoms with van der Waals surface area (Å²) in [6.45, 7) is 2.76. The number of fused-ring (bicyclic) bond motifs is 1. The molecule has 1 aliphatic heterocycles. The van der Waals surface area contributed by atoms with E-state index in [9.17, 15) is 5.11 Å². The number of hydrogen-bond donors (Lipinski definition) is 2. The molecule has 0 fully saturated rings. The van der Waals surface area contributed by atoms with Crippen molar-refractivity contribution >= 4 is 5.69 Å². The molecule has 0 aliphatic carbocycles. The van der Waals surface area contributed by atoms with Crippen molar-refractivity contribution in [3.63, 3.8) is 0 Å².